The number of rotatable bonds is 3. The summed E-state index contributed by atoms with van der Waals surface area (Å²) in [4.78, 5) is 0. The fraction of sp³-hybridized carbons (Fsp3) is 1.00. The summed E-state index contributed by atoms with van der Waals surface area (Å²) >= 11 is 0. The first-order chi connectivity index (χ1) is 6.38. The molecule has 3 saturated carbocycles. The van der Waals surface area contributed by atoms with E-state index >= 15 is 0 Å². The molecule has 74 valence electrons. The highest BCUT2D eigenvalue weighted by Gasteiger charge is 2.47. The first kappa shape index (κ1) is 8.28. The lowest BCUT2D eigenvalue weighted by atomic mass is 9.95. The molecule has 1 heteroatoms. The van der Waals surface area contributed by atoms with Gasteiger partial charge in [-0.15, -0.1) is 0 Å². The van der Waals surface area contributed by atoms with Crippen LogP contribution in [0.5, 0.6) is 0 Å². The molecule has 0 bridgehead atoms. The fourth-order valence-corrected chi connectivity index (χ4v) is 3.29. The van der Waals surface area contributed by atoms with Crippen molar-refractivity contribution in [3.63, 3.8) is 0 Å². The van der Waals surface area contributed by atoms with Crippen LogP contribution in [0.4, 0.5) is 0 Å². The van der Waals surface area contributed by atoms with Crippen LogP contribution in [0.25, 0.3) is 0 Å². The highest BCUT2D eigenvalue weighted by Crippen LogP contribution is 2.50. The van der Waals surface area contributed by atoms with E-state index < -0.39 is 0 Å². The second kappa shape index (κ2) is 2.98. The Morgan fingerprint density at radius 2 is 2.08 bits per heavy atom. The molecule has 3 rings (SSSR count). The predicted molar refractivity (Wildman–Crippen MR) is 54.6 cm³/mol. The Bertz CT molecular complexity index is 201. The minimum Gasteiger partial charge on any atom is -0.311 e. The largest absolute Gasteiger partial charge is 0.311 e. The van der Waals surface area contributed by atoms with Gasteiger partial charge in [0.25, 0.3) is 0 Å². The van der Waals surface area contributed by atoms with E-state index in [1.165, 1.54) is 32.1 Å². The number of fused-ring (bicyclic) bond motifs is 1. The number of hydrogen-bond donors (Lipinski definition) is 1. The molecule has 3 aliphatic carbocycles. The zero-order valence-corrected chi connectivity index (χ0v) is 8.63. The molecule has 3 fully saturated rings. The lowest BCUT2D eigenvalue weighted by molar-refractivity contribution is 0.346. The standard InChI is InChI=1S/C12H21N/c1-2-8-7-12(8)13-11-5-3-4-9-6-10(9)11/h8-13H,2-7H2,1H3/t8?,9-,10+,11?,12?/m0/s1. The summed E-state index contributed by atoms with van der Waals surface area (Å²) in [5.41, 5.74) is 0. The van der Waals surface area contributed by atoms with Crippen LogP contribution in [0.3, 0.4) is 0 Å². The van der Waals surface area contributed by atoms with E-state index in [-0.39, 0.29) is 0 Å². The minimum absolute atomic E-state index is 0.911. The van der Waals surface area contributed by atoms with Gasteiger partial charge in [-0.05, 0) is 37.0 Å². The van der Waals surface area contributed by atoms with Crippen molar-refractivity contribution < 1.29 is 0 Å². The van der Waals surface area contributed by atoms with Gasteiger partial charge in [-0.3, -0.25) is 0 Å². The SMILES string of the molecule is CCC1CC1NC1CCC[C@H]2C[C@@H]12. The minimum atomic E-state index is 0.911. The van der Waals surface area contributed by atoms with Gasteiger partial charge in [0.1, 0.15) is 0 Å². The molecule has 0 aromatic rings. The smallest absolute Gasteiger partial charge is 0.0102 e. The van der Waals surface area contributed by atoms with Crippen LogP contribution in [-0.4, -0.2) is 12.1 Å². The Morgan fingerprint density at radius 3 is 2.85 bits per heavy atom. The molecule has 0 aliphatic heterocycles. The van der Waals surface area contributed by atoms with Crippen molar-refractivity contribution >= 4 is 0 Å². The van der Waals surface area contributed by atoms with E-state index in [0.717, 1.165) is 29.8 Å². The third kappa shape index (κ3) is 1.52. The zero-order valence-electron chi connectivity index (χ0n) is 8.63. The van der Waals surface area contributed by atoms with Crippen molar-refractivity contribution in [3.8, 4) is 0 Å². The molecule has 0 heterocycles. The van der Waals surface area contributed by atoms with E-state index in [9.17, 15) is 0 Å². The van der Waals surface area contributed by atoms with Gasteiger partial charge >= 0.3 is 0 Å². The maximum Gasteiger partial charge on any atom is 0.0102 e. The maximum absolute atomic E-state index is 3.89. The summed E-state index contributed by atoms with van der Waals surface area (Å²) in [6.45, 7) is 2.33. The lowest BCUT2D eigenvalue weighted by Crippen LogP contribution is -2.35. The normalized spacial score (nSPS) is 52.8. The molecule has 0 aromatic heterocycles. The van der Waals surface area contributed by atoms with Crippen molar-refractivity contribution in [3.05, 3.63) is 0 Å². The van der Waals surface area contributed by atoms with Gasteiger partial charge in [-0.1, -0.05) is 26.2 Å². The van der Waals surface area contributed by atoms with Crippen molar-refractivity contribution in [1.82, 2.24) is 5.32 Å². The Hall–Kier alpha value is -0.0400. The number of nitrogens with one attached hydrogen (secondary N) is 1. The second-order valence-corrected chi connectivity index (χ2v) is 5.37. The predicted octanol–water partition coefficient (Wildman–Crippen LogP) is 2.56. The molecule has 0 saturated heterocycles. The van der Waals surface area contributed by atoms with Crippen molar-refractivity contribution in [2.75, 3.05) is 0 Å². The second-order valence-electron chi connectivity index (χ2n) is 5.37. The summed E-state index contributed by atoms with van der Waals surface area (Å²) in [5, 5.41) is 3.89. The Kier molecular flexibility index (Phi) is 1.90. The van der Waals surface area contributed by atoms with E-state index in [0.29, 0.717) is 0 Å². The van der Waals surface area contributed by atoms with Gasteiger partial charge in [0.2, 0.25) is 0 Å². The molecule has 5 atom stereocenters. The third-order valence-electron chi connectivity index (χ3n) is 4.46. The van der Waals surface area contributed by atoms with Gasteiger partial charge in [-0.2, -0.15) is 0 Å². The summed E-state index contributed by atoms with van der Waals surface area (Å²) < 4.78 is 0. The summed E-state index contributed by atoms with van der Waals surface area (Å²) in [6.07, 6.45) is 8.88. The van der Waals surface area contributed by atoms with E-state index in [4.69, 9.17) is 0 Å². The molecule has 0 spiro atoms. The van der Waals surface area contributed by atoms with Gasteiger partial charge in [-0.25, -0.2) is 0 Å². The Balaban J connectivity index is 1.50. The average Bonchev–Trinajstić information content (AvgIpc) is 2.97. The van der Waals surface area contributed by atoms with Crippen LogP contribution in [0.1, 0.15) is 45.4 Å². The summed E-state index contributed by atoms with van der Waals surface area (Å²) in [7, 11) is 0. The Morgan fingerprint density at radius 1 is 1.15 bits per heavy atom. The molecule has 0 amide bonds. The molecule has 3 unspecified atom stereocenters. The van der Waals surface area contributed by atoms with Crippen LogP contribution in [0, 0.1) is 17.8 Å². The number of hydrogen-bond acceptors (Lipinski definition) is 1. The monoisotopic (exact) mass is 179 g/mol. The highest BCUT2D eigenvalue weighted by atomic mass is 15.0. The molecule has 0 aromatic carbocycles. The lowest BCUT2D eigenvalue weighted by Gasteiger charge is -2.22. The quantitative estimate of drug-likeness (QED) is 0.702. The average molecular weight is 179 g/mol. The van der Waals surface area contributed by atoms with Gasteiger partial charge in [0.15, 0.2) is 0 Å². The fourth-order valence-electron chi connectivity index (χ4n) is 3.29. The highest BCUT2D eigenvalue weighted by molar-refractivity contribution is 5.02. The van der Waals surface area contributed by atoms with E-state index in [1.807, 2.05) is 0 Å². The topological polar surface area (TPSA) is 12.0 Å². The van der Waals surface area contributed by atoms with Gasteiger partial charge in [0, 0.05) is 12.1 Å². The molecule has 1 N–H and O–H groups in total. The molecule has 13 heavy (non-hydrogen) atoms. The first-order valence-electron chi connectivity index (χ1n) is 6.14. The molecular weight excluding hydrogens is 158 g/mol. The Labute approximate surface area is 81.3 Å². The van der Waals surface area contributed by atoms with Crippen molar-refractivity contribution in [1.29, 1.82) is 0 Å². The van der Waals surface area contributed by atoms with Crippen molar-refractivity contribution in [2.45, 2.75) is 57.5 Å². The van der Waals surface area contributed by atoms with Crippen LogP contribution in [-0.2, 0) is 0 Å². The zero-order chi connectivity index (χ0) is 8.84. The summed E-state index contributed by atoms with van der Waals surface area (Å²) in [6, 6.07) is 1.83. The summed E-state index contributed by atoms with van der Waals surface area (Å²) in [5.74, 6) is 3.25. The van der Waals surface area contributed by atoms with E-state index in [1.54, 1.807) is 6.42 Å². The van der Waals surface area contributed by atoms with Crippen molar-refractivity contribution in [2.24, 2.45) is 17.8 Å². The first-order valence-corrected chi connectivity index (χ1v) is 6.14. The maximum atomic E-state index is 3.89. The van der Waals surface area contributed by atoms with Gasteiger partial charge in [0.05, 0.1) is 0 Å². The molecular formula is C12H21N. The van der Waals surface area contributed by atoms with Gasteiger partial charge < -0.3 is 5.32 Å². The van der Waals surface area contributed by atoms with E-state index in [2.05, 4.69) is 12.2 Å². The molecule has 0 radical (unpaired) electrons. The molecule has 3 aliphatic rings. The third-order valence-corrected chi connectivity index (χ3v) is 4.46. The van der Waals surface area contributed by atoms with Crippen LogP contribution in [0.2, 0.25) is 0 Å². The van der Waals surface area contributed by atoms with Crippen LogP contribution < -0.4 is 5.32 Å². The van der Waals surface area contributed by atoms with Crippen LogP contribution in [0.15, 0.2) is 0 Å². The van der Waals surface area contributed by atoms with Crippen LogP contribution >= 0.6 is 0 Å². The molecule has 1 nitrogen and oxygen atoms in total.